The standard InChI is InChI=1S/C25H27NO2/c1-19-8-9-20(2)24(14-19)15-25(27)26-16-21-10-12-23(13-11-21)18-28-17-22-6-4-3-5-7-22/h3-14H,15-18H2,1-2H3,(H,26,27). The van der Waals surface area contributed by atoms with Crippen molar-refractivity contribution in [2.24, 2.45) is 0 Å². The van der Waals surface area contributed by atoms with Crippen LogP contribution >= 0.6 is 0 Å². The van der Waals surface area contributed by atoms with E-state index in [1.807, 2.05) is 44.2 Å². The van der Waals surface area contributed by atoms with Gasteiger partial charge in [0.2, 0.25) is 5.91 Å². The SMILES string of the molecule is Cc1ccc(C)c(CC(=O)NCc2ccc(COCc3ccccc3)cc2)c1. The Bertz CT molecular complexity index is 902. The number of hydrogen-bond donors (Lipinski definition) is 1. The third-order valence-electron chi connectivity index (χ3n) is 4.75. The van der Waals surface area contributed by atoms with Crippen molar-refractivity contribution in [1.82, 2.24) is 5.32 Å². The van der Waals surface area contributed by atoms with E-state index >= 15 is 0 Å². The summed E-state index contributed by atoms with van der Waals surface area (Å²) in [5, 5.41) is 3.01. The normalized spacial score (nSPS) is 10.6. The van der Waals surface area contributed by atoms with Gasteiger partial charge in [0, 0.05) is 6.54 Å². The highest BCUT2D eigenvalue weighted by Gasteiger charge is 2.06. The summed E-state index contributed by atoms with van der Waals surface area (Å²) in [6.45, 7) is 5.81. The molecule has 0 saturated heterocycles. The smallest absolute Gasteiger partial charge is 0.224 e. The van der Waals surface area contributed by atoms with Crippen LogP contribution in [-0.2, 0) is 35.7 Å². The first-order chi connectivity index (χ1) is 13.6. The molecule has 0 fully saturated rings. The number of rotatable bonds is 8. The van der Waals surface area contributed by atoms with Gasteiger partial charge in [0.25, 0.3) is 0 Å². The van der Waals surface area contributed by atoms with E-state index in [1.54, 1.807) is 0 Å². The first-order valence-corrected chi connectivity index (χ1v) is 9.62. The van der Waals surface area contributed by atoms with Gasteiger partial charge < -0.3 is 10.1 Å². The van der Waals surface area contributed by atoms with Crippen molar-refractivity contribution >= 4 is 5.91 Å². The molecule has 0 aliphatic rings. The maximum Gasteiger partial charge on any atom is 0.224 e. The van der Waals surface area contributed by atoms with E-state index in [4.69, 9.17) is 4.74 Å². The summed E-state index contributed by atoms with van der Waals surface area (Å²) in [6, 6.07) is 24.6. The molecule has 0 heterocycles. The van der Waals surface area contributed by atoms with Crippen molar-refractivity contribution in [3.8, 4) is 0 Å². The number of benzene rings is 3. The van der Waals surface area contributed by atoms with Crippen molar-refractivity contribution in [1.29, 1.82) is 0 Å². The number of nitrogens with one attached hydrogen (secondary N) is 1. The van der Waals surface area contributed by atoms with Crippen LogP contribution in [0.1, 0.15) is 33.4 Å². The number of amides is 1. The third-order valence-corrected chi connectivity index (χ3v) is 4.75. The quantitative estimate of drug-likeness (QED) is 0.611. The van der Waals surface area contributed by atoms with Crippen molar-refractivity contribution in [2.45, 2.75) is 40.0 Å². The van der Waals surface area contributed by atoms with E-state index < -0.39 is 0 Å². The van der Waals surface area contributed by atoms with Gasteiger partial charge >= 0.3 is 0 Å². The second kappa shape index (κ2) is 9.86. The summed E-state index contributed by atoms with van der Waals surface area (Å²) < 4.78 is 5.76. The largest absolute Gasteiger partial charge is 0.372 e. The van der Waals surface area contributed by atoms with Crippen LogP contribution in [0.4, 0.5) is 0 Å². The molecule has 0 atom stereocenters. The molecule has 3 nitrogen and oxygen atoms in total. The summed E-state index contributed by atoms with van der Waals surface area (Å²) >= 11 is 0. The molecule has 0 radical (unpaired) electrons. The van der Waals surface area contributed by atoms with Crippen LogP contribution < -0.4 is 5.32 Å². The number of carbonyl (C=O) groups is 1. The lowest BCUT2D eigenvalue weighted by atomic mass is 10.0. The monoisotopic (exact) mass is 373 g/mol. The molecule has 3 aromatic rings. The number of hydrogen-bond acceptors (Lipinski definition) is 2. The molecule has 0 spiro atoms. The molecule has 0 aromatic heterocycles. The van der Waals surface area contributed by atoms with Crippen molar-refractivity contribution < 1.29 is 9.53 Å². The first-order valence-electron chi connectivity index (χ1n) is 9.62. The van der Waals surface area contributed by atoms with Crippen LogP contribution in [0.25, 0.3) is 0 Å². The second-order valence-electron chi connectivity index (χ2n) is 7.18. The topological polar surface area (TPSA) is 38.3 Å². The fourth-order valence-corrected chi connectivity index (χ4v) is 3.04. The Morgan fingerprint density at radius 2 is 1.46 bits per heavy atom. The van der Waals surface area contributed by atoms with E-state index in [0.717, 1.165) is 22.3 Å². The van der Waals surface area contributed by atoms with E-state index in [-0.39, 0.29) is 5.91 Å². The molecule has 1 amide bonds. The number of aryl methyl sites for hydroxylation is 2. The second-order valence-corrected chi connectivity index (χ2v) is 7.18. The van der Waals surface area contributed by atoms with Gasteiger partial charge in [-0.2, -0.15) is 0 Å². The van der Waals surface area contributed by atoms with Crippen LogP contribution in [0.15, 0.2) is 72.8 Å². The first kappa shape index (κ1) is 19.8. The summed E-state index contributed by atoms with van der Waals surface area (Å²) in [6.07, 6.45) is 0.416. The van der Waals surface area contributed by atoms with Gasteiger partial charge in [0.05, 0.1) is 19.6 Å². The lowest BCUT2D eigenvalue weighted by Crippen LogP contribution is -2.24. The summed E-state index contributed by atoms with van der Waals surface area (Å²) in [4.78, 5) is 12.3. The fourth-order valence-electron chi connectivity index (χ4n) is 3.04. The molecular weight excluding hydrogens is 346 g/mol. The minimum absolute atomic E-state index is 0.0453. The van der Waals surface area contributed by atoms with E-state index in [2.05, 4.69) is 47.8 Å². The molecule has 0 bridgehead atoms. The lowest BCUT2D eigenvalue weighted by molar-refractivity contribution is -0.120. The van der Waals surface area contributed by atoms with Gasteiger partial charge in [0.1, 0.15) is 0 Å². The Balaban J connectivity index is 1.43. The number of ether oxygens (including phenoxy) is 1. The summed E-state index contributed by atoms with van der Waals surface area (Å²) in [5.74, 6) is 0.0453. The Morgan fingerprint density at radius 1 is 0.821 bits per heavy atom. The zero-order chi connectivity index (χ0) is 19.8. The van der Waals surface area contributed by atoms with Gasteiger partial charge in [-0.05, 0) is 41.7 Å². The zero-order valence-corrected chi connectivity index (χ0v) is 16.6. The molecule has 1 N–H and O–H groups in total. The Morgan fingerprint density at radius 3 is 2.18 bits per heavy atom. The van der Waals surface area contributed by atoms with Gasteiger partial charge in [-0.1, -0.05) is 78.4 Å². The molecule has 0 aliphatic carbocycles. The third kappa shape index (κ3) is 6.07. The maximum atomic E-state index is 12.3. The highest BCUT2D eigenvalue weighted by atomic mass is 16.5. The molecule has 0 saturated carbocycles. The minimum Gasteiger partial charge on any atom is -0.372 e. The molecule has 0 unspecified atom stereocenters. The van der Waals surface area contributed by atoms with Gasteiger partial charge in [0.15, 0.2) is 0 Å². The van der Waals surface area contributed by atoms with Crippen molar-refractivity contribution in [3.63, 3.8) is 0 Å². The average Bonchev–Trinajstić information content (AvgIpc) is 2.71. The predicted octanol–water partition coefficient (Wildman–Crippen LogP) is 4.88. The molecule has 3 aromatic carbocycles. The van der Waals surface area contributed by atoms with Crippen molar-refractivity contribution in [2.75, 3.05) is 0 Å². The van der Waals surface area contributed by atoms with Gasteiger partial charge in [-0.25, -0.2) is 0 Å². The summed E-state index contributed by atoms with van der Waals surface area (Å²) in [7, 11) is 0. The Kier molecular flexibility index (Phi) is 6.99. The lowest BCUT2D eigenvalue weighted by Gasteiger charge is -2.09. The highest BCUT2D eigenvalue weighted by molar-refractivity contribution is 5.79. The van der Waals surface area contributed by atoms with Crippen LogP contribution in [0, 0.1) is 13.8 Å². The maximum absolute atomic E-state index is 12.3. The van der Waals surface area contributed by atoms with E-state index in [9.17, 15) is 4.79 Å². The van der Waals surface area contributed by atoms with E-state index in [1.165, 1.54) is 11.1 Å². The Labute approximate surface area is 167 Å². The van der Waals surface area contributed by atoms with E-state index in [0.29, 0.717) is 26.2 Å². The number of carbonyl (C=O) groups excluding carboxylic acids is 1. The average molecular weight is 373 g/mol. The fraction of sp³-hybridized carbons (Fsp3) is 0.240. The molecule has 3 heteroatoms. The molecule has 28 heavy (non-hydrogen) atoms. The Hall–Kier alpha value is -2.91. The molecule has 0 aliphatic heterocycles. The molecular formula is C25H27NO2. The predicted molar refractivity (Wildman–Crippen MR) is 113 cm³/mol. The van der Waals surface area contributed by atoms with Crippen LogP contribution in [-0.4, -0.2) is 5.91 Å². The summed E-state index contributed by atoms with van der Waals surface area (Å²) in [5.41, 5.74) is 6.80. The van der Waals surface area contributed by atoms with Crippen LogP contribution in [0.3, 0.4) is 0 Å². The molecule has 144 valence electrons. The highest BCUT2D eigenvalue weighted by Crippen LogP contribution is 2.12. The van der Waals surface area contributed by atoms with Crippen molar-refractivity contribution in [3.05, 3.63) is 106 Å². The minimum atomic E-state index is 0.0453. The van der Waals surface area contributed by atoms with Gasteiger partial charge in [-0.3, -0.25) is 4.79 Å². The van der Waals surface area contributed by atoms with Crippen LogP contribution in [0.2, 0.25) is 0 Å². The zero-order valence-electron chi connectivity index (χ0n) is 16.6. The van der Waals surface area contributed by atoms with Crippen LogP contribution in [0.5, 0.6) is 0 Å². The molecule has 3 rings (SSSR count). The van der Waals surface area contributed by atoms with Gasteiger partial charge in [-0.15, -0.1) is 0 Å².